The summed E-state index contributed by atoms with van der Waals surface area (Å²) in [5.74, 6) is 0.795. The van der Waals surface area contributed by atoms with Crippen molar-refractivity contribution in [1.82, 2.24) is 29.1 Å². The van der Waals surface area contributed by atoms with Crippen molar-refractivity contribution in [1.29, 1.82) is 5.26 Å². The Morgan fingerprint density at radius 1 is 1.07 bits per heavy atom. The van der Waals surface area contributed by atoms with Gasteiger partial charge in [-0.25, -0.2) is 28.7 Å². The number of aryl methyl sites for hydroxylation is 1. The first-order chi connectivity index (χ1) is 20.4. The molecule has 1 unspecified atom stereocenters. The lowest BCUT2D eigenvalue weighted by atomic mass is 10.1. The Labute approximate surface area is 239 Å². The van der Waals surface area contributed by atoms with Gasteiger partial charge in [0.2, 0.25) is 0 Å². The summed E-state index contributed by atoms with van der Waals surface area (Å²) < 4.78 is 43.6. The van der Waals surface area contributed by atoms with Gasteiger partial charge in [0.25, 0.3) is 6.43 Å². The van der Waals surface area contributed by atoms with Crippen LogP contribution >= 0.6 is 0 Å². The maximum atomic E-state index is 14.4. The van der Waals surface area contributed by atoms with Crippen LogP contribution in [0.1, 0.15) is 43.4 Å². The number of aromatic nitrogens is 6. The zero-order valence-electron chi connectivity index (χ0n) is 22.9. The van der Waals surface area contributed by atoms with Crippen molar-refractivity contribution in [2.24, 2.45) is 7.05 Å². The minimum absolute atomic E-state index is 0.221. The Balaban J connectivity index is 1.48. The molecule has 0 amide bonds. The second kappa shape index (κ2) is 11.4. The number of halogens is 2. The summed E-state index contributed by atoms with van der Waals surface area (Å²) in [5.41, 5.74) is 3.50. The van der Waals surface area contributed by atoms with Gasteiger partial charge in [-0.2, -0.15) is 5.26 Å². The van der Waals surface area contributed by atoms with E-state index in [1.807, 2.05) is 35.9 Å². The van der Waals surface area contributed by atoms with Crippen LogP contribution in [0.4, 0.5) is 31.8 Å². The minimum Gasteiger partial charge on any atom is -0.495 e. The van der Waals surface area contributed by atoms with Gasteiger partial charge in [0.1, 0.15) is 40.9 Å². The number of hydrogen-bond donors (Lipinski definition) is 2. The highest BCUT2D eigenvalue weighted by molar-refractivity contribution is 5.92. The molecule has 1 fully saturated rings. The molecule has 0 spiro atoms. The van der Waals surface area contributed by atoms with Crippen LogP contribution in [-0.4, -0.2) is 42.8 Å². The number of nitrogens with zero attached hydrogens (tertiary/aromatic N) is 7. The normalized spacial score (nSPS) is 15.1. The van der Waals surface area contributed by atoms with Gasteiger partial charge in [-0.1, -0.05) is 12.1 Å². The van der Waals surface area contributed by atoms with Crippen molar-refractivity contribution in [2.75, 3.05) is 24.4 Å². The number of benzene rings is 1. The number of fused-ring (bicyclic) bond motifs is 1. The molecule has 4 aromatic heterocycles. The Bertz CT molecular complexity index is 1790. The number of pyridine rings is 2. The van der Waals surface area contributed by atoms with Crippen LogP contribution in [0.5, 0.6) is 5.75 Å². The predicted octanol–water partition coefficient (Wildman–Crippen LogP) is 6.23. The summed E-state index contributed by atoms with van der Waals surface area (Å²) in [4.78, 5) is 17.5. The number of ether oxygens (including phenoxy) is 2. The van der Waals surface area contributed by atoms with Gasteiger partial charge in [-0.15, -0.1) is 0 Å². The van der Waals surface area contributed by atoms with E-state index >= 15 is 0 Å². The molecule has 0 bridgehead atoms. The van der Waals surface area contributed by atoms with Gasteiger partial charge in [-0.3, -0.25) is 4.57 Å². The van der Waals surface area contributed by atoms with E-state index in [1.165, 1.54) is 4.57 Å². The number of hydrogen-bond acceptors (Lipinski definition) is 9. The molecule has 0 saturated carbocycles. The monoisotopic (exact) mass is 571 g/mol. The number of anilines is 4. The van der Waals surface area contributed by atoms with Crippen LogP contribution in [0.25, 0.3) is 22.4 Å². The van der Waals surface area contributed by atoms with Crippen molar-refractivity contribution in [3.63, 3.8) is 0 Å². The van der Waals surface area contributed by atoms with E-state index in [2.05, 4.69) is 30.6 Å². The summed E-state index contributed by atoms with van der Waals surface area (Å²) in [6, 6.07) is 14.2. The second-order valence-corrected chi connectivity index (χ2v) is 9.76. The second-order valence-electron chi connectivity index (χ2n) is 9.76. The molecular weight excluding hydrogens is 544 g/mol. The number of imidazole rings is 2. The fourth-order valence-corrected chi connectivity index (χ4v) is 5.04. The zero-order chi connectivity index (χ0) is 29.2. The highest BCUT2D eigenvalue weighted by Gasteiger charge is 2.29. The Morgan fingerprint density at radius 2 is 1.95 bits per heavy atom. The first kappa shape index (κ1) is 27.1. The molecule has 1 aliphatic heterocycles. The van der Waals surface area contributed by atoms with Crippen molar-refractivity contribution in [3.05, 3.63) is 66.5 Å². The van der Waals surface area contributed by atoms with Gasteiger partial charge in [-0.05, 0) is 43.5 Å². The molecule has 13 heteroatoms. The lowest BCUT2D eigenvalue weighted by molar-refractivity contribution is -0.0363. The van der Waals surface area contributed by atoms with Gasteiger partial charge in [0, 0.05) is 25.3 Å². The summed E-state index contributed by atoms with van der Waals surface area (Å²) in [6.45, 7) is 0.459. The fraction of sp³-hybridized carbons (Fsp3) is 0.276. The van der Waals surface area contributed by atoms with Gasteiger partial charge < -0.3 is 24.7 Å². The predicted molar refractivity (Wildman–Crippen MR) is 152 cm³/mol. The Kier molecular flexibility index (Phi) is 7.37. The molecule has 1 aromatic carbocycles. The minimum atomic E-state index is -2.85. The summed E-state index contributed by atoms with van der Waals surface area (Å²) in [6.07, 6.45) is 2.24. The summed E-state index contributed by atoms with van der Waals surface area (Å²) in [5, 5.41) is 15.7. The van der Waals surface area contributed by atoms with Crippen LogP contribution in [0.2, 0.25) is 0 Å². The lowest BCUT2D eigenvalue weighted by Crippen LogP contribution is -2.20. The molecule has 1 atom stereocenters. The van der Waals surface area contributed by atoms with E-state index in [1.54, 1.807) is 43.9 Å². The molecule has 6 rings (SSSR count). The smallest absolute Gasteiger partial charge is 0.295 e. The molecule has 42 heavy (non-hydrogen) atoms. The molecule has 0 aliphatic carbocycles. The topological polar surface area (TPSA) is 128 Å². The molecule has 214 valence electrons. The molecule has 5 heterocycles. The SMILES string of the molecule is COc1cc(-c2cncn2C)ccc1Nc1cc(Nc2cccc(C#N)n2)nc2c1nc(C(F)F)n2C1CCCCO1. The summed E-state index contributed by atoms with van der Waals surface area (Å²) >= 11 is 0. The average Bonchev–Trinajstić information content (AvgIpc) is 3.62. The largest absolute Gasteiger partial charge is 0.495 e. The van der Waals surface area contributed by atoms with Crippen LogP contribution in [0.15, 0.2) is 55.0 Å². The third-order valence-electron chi connectivity index (χ3n) is 7.02. The third-order valence-corrected chi connectivity index (χ3v) is 7.02. The average molecular weight is 572 g/mol. The van der Waals surface area contributed by atoms with Gasteiger partial charge >= 0.3 is 0 Å². The number of nitriles is 1. The van der Waals surface area contributed by atoms with Crippen LogP contribution in [0, 0.1) is 11.3 Å². The maximum absolute atomic E-state index is 14.4. The van der Waals surface area contributed by atoms with Crippen molar-refractivity contribution in [3.8, 4) is 23.1 Å². The van der Waals surface area contributed by atoms with Crippen LogP contribution < -0.4 is 15.4 Å². The van der Waals surface area contributed by atoms with E-state index in [0.717, 1.165) is 24.1 Å². The molecule has 0 radical (unpaired) electrons. The highest BCUT2D eigenvalue weighted by Crippen LogP contribution is 2.39. The number of alkyl halides is 2. The van der Waals surface area contributed by atoms with E-state index in [-0.39, 0.29) is 16.9 Å². The standard InChI is InChI=1S/C29H27F2N9O2/c1-39-16-33-15-21(39)17-9-10-19(22(12-17)41-2)35-20-13-24(36-23-7-5-6-18(14-32)34-23)37-28-26(20)38-29(27(30)31)40(28)25-8-3-4-11-42-25/h5-7,9-10,12-13,15-16,25,27H,3-4,8,11H2,1-2H3,(H2,34,35,36,37). The highest BCUT2D eigenvalue weighted by atomic mass is 19.3. The van der Waals surface area contributed by atoms with Gasteiger partial charge in [0.15, 0.2) is 11.5 Å². The number of nitrogens with one attached hydrogen (secondary N) is 2. The van der Waals surface area contributed by atoms with Crippen molar-refractivity contribution < 1.29 is 18.3 Å². The van der Waals surface area contributed by atoms with E-state index in [4.69, 9.17) is 9.47 Å². The van der Waals surface area contributed by atoms with Crippen LogP contribution in [-0.2, 0) is 11.8 Å². The molecule has 5 aromatic rings. The van der Waals surface area contributed by atoms with Gasteiger partial charge in [0.05, 0.1) is 36.7 Å². The van der Waals surface area contributed by atoms with E-state index in [9.17, 15) is 14.0 Å². The Hall–Kier alpha value is -5.09. The Morgan fingerprint density at radius 3 is 2.67 bits per heavy atom. The fourth-order valence-electron chi connectivity index (χ4n) is 5.04. The maximum Gasteiger partial charge on any atom is 0.295 e. The van der Waals surface area contributed by atoms with Crippen molar-refractivity contribution in [2.45, 2.75) is 31.9 Å². The molecule has 1 aliphatic rings. The van der Waals surface area contributed by atoms with Crippen molar-refractivity contribution >= 4 is 34.2 Å². The quantitative estimate of drug-likeness (QED) is 0.223. The summed E-state index contributed by atoms with van der Waals surface area (Å²) in [7, 11) is 3.46. The number of methoxy groups -OCH3 is 1. The van der Waals surface area contributed by atoms with E-state index < -0.39 is 18.5 Å². The van der Waals surface area contributed by atoms with Crippen LogP contribution in [0.3, 0.4) is 0 Å². The first-order valence-electron chi connectivity index (χ1n) is 13.3. The van der Waals surface area contributed by atoms with E-state index in [0.29, 0.717) is 41.8 Å². The molecule has 11 nitrogen and oxygen atoms in total. The lowest BCUT2D eigenvalue weighted by Gasteiger charge is -2.25. The first-order valence-corrected chi connectivity index (χ1v) is 13.3. The molecular formula is C29H27F2N9O2. The molecule has 1 saturated heterocycles. The number of rotatable bonds is 8. The zero-order valence-corrected chi connectivity index (χ0v) is 22.9. The molecule has 2 N–H and O–H groups in total. The third kappa shape index (κ3) is 5.19.